The molecule has 3 aromatic rings. The highest BCUT2D eigenvalue weighted by Crippen LogP contribution is 2.30. The molecule has 1 N–H and O–H groups in total. The lowest BCUT2D eigenvalue weighted by Crippen LogP contribution is -2.13. The number of carbonyl (C=O) groups excluding carboxylic acids is 2. The molecule has 3 aromatic carbocycles. The number of nitrogens with one attached hydrogen (secondary N) is 1. The van der Waals surface area contributed by atoms with Gasteiger partial charge < -0.3 is 14.8 Å². The third-order valence-corrected chi connectivity index (χ3v) is 5.09. The molecule has 0 aromatic heterocycles. The average Bonchev–Trinajstić information content (AvgIpc) is 2.80. The summed E-state index contributed by atoms with van der Waals surface area (Å²) in [4.78, 5) is 25.1. The van der Waals surface area contributed by atoms with Gasteiger partial charge in [0.15, 0.2) is 11.5 Å². The Bertz CT molecular complexity index is 1280. The molecule has 0 heterocycles. The second-order valence-electron chi connectivity index (χ2n) is 6.91. The summed E-state index contributed by atoms with van der Waals surface area (Å²) in [6, 6.07) is 18.1. The zero-order valence-electron chi connectivity index (χ0n) is 17.7. The summed E-state index contributed by atoms with van der Waals surface area (Å²) < 4.78 is 10.8. The maximum Gasteiger partial charge on any atom is 0.343 e. The molecule has 3 rings (SSSR count). The third-order valence-electron chi connectivity index (χ3n) is 4.53. The zero-order valence-corrected chi connectivity index (χ0v) is 19.2. The molecule has 166 valence electrons. The van der Waals surface area contributed by atoms with Crippen molar-refractivity contribution >= 4 is 46.8 Å². The number of ether oxygens (including phenoxy) is 2. The Morgan fingerprint density at radius 3 is 2.39 bits per heavy atom. The second-order valence-corrected chi connectivity index (χ2v) is 7.76. The van der Waals surface area contributed by atoms with Crippen LogP contribution in [0.1, 0.15) is 21.5 Å². The fourth-order valence-corrected chi connectivity index (χ4v) is 3.15. The van der Waals surface area contributed by atoms with Crippen LogP contribution < -0.4 is 14.8 Å². The Labute approximate surface area is 201 Å². The van der Waals surface area contributed by atoms with Gasteiger partial charge in [0.25, 0.3) is 5.91 Å². The highest BCUT2D eigenvalue weighted by atomic mass is 35.5. The standard InChI is InChI=1S/C25H18Cl2N2O4/c1-15-3-6-17(7-4-15)25(31)33-23-12-16(5-10-22(23)32-2)11-18(14-28)24(30)29-21-13-19(26)8-9-20(21)27/h3-13H,1-2H3,(H,29,30)/b18-11+. The molecule has 1 amide bonds. The van der Waals surface area contributed by atoms with Crippen LogP contribution in [0.5, 0.6) is 11.5 Å². The number of methoxy groups -OCH3 is 1. The Hall–Kier alpha value is -3.79. The molecule has 0 fully saturated rings. The van der Waals surface area contributed by atoms with Crippen molar-refractivity contribution < 1.29 is 19.1 Å². The van der Waals surface area contributed by atoms with Crippen molar-refractivity contribution in [3.63, 3.8) is 0 Å². The van der Waals surface area contributed by atoms with Crippen molar-refractivity contribution in [2.75, 3.05) is 12.4 Å². The second kappa shape index (κ2) is 10.7. The number of nitrogens with zero attached hydrogens (tertiary/aromatic N) is 1. The van der Waals surface area contributed by atoms with E-state index >= 15 is 0 Å². The number of aryl methyl sites for hydroxylation is 1. The van der Waals surface area contributed by atoms with Gasteiger partial charge in [-0.2, -0.15) is 5.26 Å². The van der Waals surface area contributed by atoms with Crippen molar-refractivity contribution in [3.05, 3.63) is 93.0 Å². The van der Waals surface area contributed by atoms with E-state index in [1.807, 2.05) is 13.0 Å². The Morgan fingerprint density at radius 1 is 1.00 bits per heavy atom. The molecule has 6 nitrogen and oxygen atoms in total. The van der Waals surface area contributed by atoms with E-state index in [9.17, 15) is 14.9 Å². The minimum absolute atomic E-state index is 0.146. The Morgan fingerprint density at radius 2 is 1.73 bits per heavy atom. The number of benzene rings is 3. The number of anilines is 1. The largest absolute Gasteiger partial charge is 0.493 e. The minimum Gasteiger partial charge on any atom is -0.493 e. The van der Waals surface area contributed by atoms with Gasteiger partial charge >= 0.3 is 5.97 Å². The normalized spacial score (nSPS) is 10.8. The van der Waals surface area contributed by atoms with Crippen LogP contribution in [0.15, 0.2) is 66.2 Å². The summed E-state index contributed by atoms with van der Waals surface area (Å²) in [5, 5.41) is 12.7. The number of carbonyl (C=O) groups is 2. The monoisotopic (exact) mass is 480 g/mol. The summed E-state index contributed by atoms with van der Waals surface area (Å²) in [7, 11) is 1.44. The van der Waals surface area contributed by atoms with Gasteiger partial charge in [-0.05, 0) is 61.0 Å². The van der Waals surface area contributed by atoms with Crippen LogP contribution in [0.4, 0.5) is 5.69 Å². The molecule has 0 spiro atoms. The van der Waals surface area contributed by atoms with E-state index in [0.717, 1.165) is 5.56 Å². The van der Waals surface area contributed by atoms with Crippen LogP contribution in [0, 0.1) is 18.3 Å². The van der Waals surface area contributed by atoms with E-state index in [-0.39, 0.29) is 22.0 Å². The fraction of sp³-hybridized carbons (Fsp3) is 0.0800. The number of esters is 1. The molecule has 0 unspecified atom stereocenters. The SMILES string of the molecule is COc1ccc(/C=C(\C#N)C(=O)Nc2cc(Cl)ccc2Cl)cc1OC(=O)c1ccc(C)cc1. The molecule has 0 radical (unpaired) electrons. The van der Waals surface area contributed by atoms with Crippen LogP contribution in [0.3, 0.4) is 0 Å². The van der Waals surface area contributed by atoms with Gasteiger partial charge in [0, 0.05) is 5.02 Å². The van der Waals surface area contributed by atoms with Crippen LogP contribution in [-0.2, 0) is 4.79 Å². The quantitative estimate of drug-likeness (QED) is 0.200. The predicted molar refractivity (Wildman–Crippen MR) is 128 cm³/mol. The third kappa shape index (κ3) is 6.13. The smallest absolute Gasteiger partial charge is 0.343 e. The van der Waals surface area contributed by atoms with E-state index in [0.29, 0.717) is 21.9 Å². The van der Waals surface area contributed by atoms with E-state index in [2.05, 4.69) is 5.32 Å². The highest BCUT2D eigenvalue weighted by Gasteiger charge is 2.15. The van der Waals surface area contributed by atoms with Crippen LogP contribution in [0.25, 0.3) is 6.08 Å². The van der Waals surface area contributed by atoms with Crippen molar-refractivity contribution in [1.82, 2.24) is 0 Å². The van der Waals surface area contributed by atoms with Crippen LogP contribution in [0.2, 0.25) is 10.0 Å². The zero-order chi connectivity index (χ0) is 24.0. The maximum atomic E-state index is 12.6. The molecule has 0 atom stereocenters. The van der Waals surface area contributed by atoms with Gasteiger partial charge in [0.1, 0.15) is 11.6 Å². The topological polar surface area (TPSA) is 88.4 Å². The molecule has 33 heavy (non-hydrogen) atoms. The number of amides is 1. The number of hydrogen-bond donors (Lipinski definition) is 1. The van der Waals surface area contributed by atoms with E-state index in [4.69, 9.17) is 32.7 Å². The lowest BCUT2D eigenvalue weighted by molar-refractivity contribution is -0.112. The Kier molecular flexibility index (Phi) is 7.73. The lowest BCUT2D eigenvalue weighted by Gasteiger charge is -2.11. The number of rotatable bonds is 6. The van der Waals surface area contributed by atoms with E-state index in [1.54, 1.807) is 42.5 Å². The number of nitriles is 1. The summed E-state index contributed by atoms with van der Waals surface area (Å²) >= 11 is 12.0. The van der Waals surface area contributed by atoms with Crippen molar-refractivity contribution in [2.45, 2.75) is 6.92 Å². The van der Waals surface area contributed by atoms with Gasteiger partial charge in [-0.15, -0.1) is 0 Å². The first-order chi connectivity index (χ1) is 15.8. The number of halogens is 2. The molecule has 8 heteroatoms. The molecular weight excluding hydrogens is 463 g/mol. The molecule has 0 saturated heterocycles. The van der Waals surface area contributed by atoms with Gasteiger partial charge in [-0.3, -0.25) is 4.79 Å². The molecule has 0 aliphatic carbocycles. The fourth-order valence-electron chi connectivity index (χ4n) is 2.81. The molecular formula is C25H18Cl2N2O4. The van der Waals surface area contributed by atoms with Gasteiger partial charge in [-0.25, -0.2) is 4.79 Å². The van der Waals surface area contributed by atoms with Crippen LogP contribution in [-0.4, -0.2) is 19.0 Å². The average molecular weight is 481 g/mol. The molecule has 0 bridgehead atoms. The molecule has 0 aliphatic rings. The Balaban J connectivity index is 1.86. The maximum absolute atomic E-state index is 12.6. The summed E-state index contributed by atoms with van der Waals surface area (Å²) in [6.07, 6.45) is 1.36. The van der Waals surface area contributed by atoms with Crippen molar-refractivity contribution in [1.29, 1.82) is 5.26 Å². The van der Waals surface area contributed by atoms with Crippen molar-refractivity contribution in [3.8, 4) is 17.6 Å². The summed E-state index contributed by atoms with van der Waals surface area (Å²) in [5.74, 6) is -0.771. The predicted octanol–water partition coefficient (Wildman–Crippen LogP) is 6.08. The van der Waals surface area contributed by atoms with Crippen molar-refractivity contribution in [2.24, 2.45) is 0 Å². The molecule has 0 aliphatic heterocycles. The lowest BCUT2D eigenvalue weighted by atomic mass is 10.1. The van der Waals surface area contributed by atoms with Gasteiger partial charge in [0.05, 0.1) is 23.4 Å². The van der Waals surface area contributed by atoms with Crippen LogP contribution >= 0.6 is 23.2 Å². The highest BCUT2D eigenvalue weighted by molar-refractivity contribution is 6.36. The summed E-state index contributed by atoms with van der Waals surface area (Å²) in [6.45, 7) is 1.91. The van der Waals surface area contributed by atoms with E-state index < -0.39 is 11.9 Å². The van der Waals surface area contributed by atoms with E-state index in [1.165, 1.54) is 31.4 Å². The first kappa shape index (κ1) is 23.9. The first-order valence-corrected chi connectivity index (χ1v) is 10.4. The molecule has 0 saturated carbocycles. The summed E-state index contributed by atoms with van der Waals surface area (Å²) in [5.41, 5.74) is 1.92. The van der Waals surface area contributed by atoms with Gasteiger partial charge in [-0.1, -0.05) is 47.0 Å². The van der Waals surface area contributed by atoms with Gasteiger partial charge in [0.2, 0.25) is 0 Å². The number of hydrogen-bond acceptors (Lipinski definition) is 5. The first-order valence-electron chi connectivity index (χ1n) is 9.66. The minimum atomic E-state index is -0.671.